The van der Waals surface area contributed by atoms with Gasteiger partial charge < -0.3 is 10.6 Å². The number of rotatable bonds is 7. The molecule has 2 heterocycles. The van der Waals surface area contributed by atoms with Crippen molar-refractivity contribution in [2.24, 2.45) is 5.92 Å². The molecule has 168 valence electrons. The lowest BCUT2D eigenvalue weighted by Crippen LogP contribution is -2.43. The number of pyridine rings is 1. The molecule has 3 aromatic rings. The summed E-state index contributed by atoms with van der Waals surface area (Å²) in [6, 6.07) is 13.1. The summed E-state index contributed by atoms with van der Waals surface area (Å²) in [6.07, 6.45) is 3.62. The van der Waals surface area contributed by atoms with E-state index in [4.69, 9.17) is 34.8 Å². The van der Waals surface area contributed by atoms with Crippen LogP contribution in [0.3, 0.4) is 0 Å². The van der Waals surface area contributed by atoms with Gasteiger partial charge in [-0.15, -0.1) is 0 Å². The highest BCUT2D eigenvalue weighted by molar-refractivity contribution is 6.36. The van der Waals surface area contributed by atoms with Crippen molar-refractivity contribution >= 4 is 57.3 Å². The minimum absolute atomic E-state index is 0.0334. The number of likely N-dealkylation sites (tertiary alicyclic amines) is 1. The van der Waals surface area contributed by atoms with E-state index in [1.807, 2.05) is 42.5 Å². The van der Waals surface area contributed by atoms with E-state index in [0.717, 1.165) is 41.5 Å². The van der Waals surface area contributed by atoms with Crippen LogP contribution in [0, 0.1) is 5.92 Å². The normalized spacial score (nSPS) is 16.8. The van der Waals surface area contributed by atoms with Crippen LogP contribution in [0.4, 0.5) is 5.69 Å². The van der Waals surface area contributed by atoms with Crippen LogP contribution in [0.5, 0.6) is 0 Å². The van der Waals surface area contributed by atoms with Crippen LogP contribution in [0.1, 0.15) is 18.4 Å². The summed E-state index contributed by atoms with van der Waals surface area (Å²) >= 11 is 18.7. The van der Waals surface area contributed by atoms with E-state index in [1.54, 1.807) is 6.20 Å². The molecule has 1 fully saturated rings. The Labute approximate surface area is 203 Å². The van der Waals surface area contributed by atoms with Crippen LogP contribution in [0.2, 0.25) is 15.1 Å². The van der Waals surface area contributed by atoms with E-state index >= 15 is 0 Å². The van der Waals surface area contributed by atoms with Crippen LogP contribution in [0.15, 0.2) is 48.7 Å². The Bertz CT molecular complexity index is 1090. The van der Waals surface area contributed by atoms with Gasteiger partial charge in [-0.2, -0.15) is 0 Å². The second kappa shape index (κ2) is 10.7. The van der Waals surface area contributed by atoms with E-state index in [2.05, 4.69) is 20.5 Å². The first-order chi connectivity index (χ1) is 15.5. The monoisotopic (exact) mass is 490 g/mol. The molecule has 0 radical (unpaired) electrons. The zero-order chi connectivity index (χ0) is 22.5. The van der Waals surface area contributed by atoms with E-state index in [9.17, 15) is 4.79 Å². The van der Waals surface area contributed by atoms with Crippen LogP contribution in [-0.2, 0) is 11.3 Å². The van der Waals surface area contributed by atoms with Gasteiger partial charge in [-0.05, 0) is 55.8 Å². The predicted octanol–water partition coefficient (Wildman–Crippen LogP) is 5.64. The molecule has 0 spiro atoms. The number of hydrogen-bond donors (Lipinski definition) is 2. The third kappa shape index (κ3) is 5.65. The Kier molecular flexibility index (Phi) is 7.74. The smallest absolute Gasteiger partial charge is 0.224 e. The molecule has 0 saturated carbocycles. The van der Waals surface area contributed by atoms with E-state index in [-0.39, 0.29) is 11.8 Å². The summed E-state index contributed by atoms with van der Waals surface area (Å²) in [4.78, 5) is 19.4. The SMILES string of the molecule is O=C(NCCNc1ccnc2cc(Cl)ccc12)[C@H]1CCCN(Cc2c(Cl)cccc2Cl)C1. The van der Waals surface area contributed by atoms with Gasteiger partial charge in [0.1, 0.15) is 0 Å². The summed E-state index contributed by atoms with van der Waals surface area (Å²) in [5.41, 5.74) is 2.74. The number of piperidine rings is 1. The highest BCUT2D eigenvalue weighted by atomic mass is 35.5. The molecular weight excluding hydrogens is 467 g/mol. The number of nitrogens with zero attached hydrogens (tertiary/aromatic N) is 2. The van der Waals surface area contributed by atoms with Gasteiger partial charge in [-0.25, -0.2) is 0 Å². The molecule has 0 aliphatic carbocycles. The van der Waals surface area contributed by atoms with E-state index < -0.39 is 0 Å². The third-order valence-corrected chi connectivity index (χ3v) is 6.71. The molecule has 1 saturated heterocycles. The number of hydrogen-bond acceptors (Lipinski definition) is 4. The number of aromatic nitrogens is 1. The Morgan fingerprint density at radius 3 is 2.72 bits per heavy atom. The molecule has 1 amide bonds. The molecule has 1 aliphatic rings. The van der Waals surface area contributed by atoms with Crippen molar-refractivity contribution in [3.63, 3.8) is 0 Å². The van der Waals surface area contributed by atoms with Crippen molar-refractivity contribution in [1.82, 2.24) is 15.2 Å². The van der Waals surface area contributed by atoms with Crippen LogP contribution in [0.25, 0.3) is 10.9 Å². The first kappa shape index (κ1) is 23.1. The molecule has 8 heteroatoms. The van der Waals surface area contributed by atoms with E-state index in [0.29, 0.717) is 41.2 Å². The minimum Gasteiger partial charge on any atom is -0.383 e. The molecule has 2 N–H and O–H groups in total. The molecule has 1 atom stereocenters. The molecule has 1 aliphatic heterocycles. The number of nitrogens with one attached hydrogen (secondary N) is 2. The third-order valence-electron chi connectivity index (χ3n) is 5.76. The number of anilines is 1. The van der Waals surface area contributed by atoms with Crippen molar-refractivity contribution < 1.29 is 4.79 Å². The number of amides is 1. The van der Waals surface area contributed by atoms with Crippen molar-refractivity contribution in [2.45, 2.75) is 19.4 Å². The molecule has 0 bridgehead atoms. The lowest BCUT2D eigenvalue weighted by Gasteiger charge is -2.32. The van der Waals surface area contributed by atoms with Crippen molar-refractivity contribution in [3.8, 4) is 0 Å². The topological polar surface area (TPSA) is 57.3 Å². The maximum atomic E-state index is 12.7. The average Bonchev–Trinajstić information content (AvgIpc) is 2.79. The maximum Gasteiger partial charge on any atom is 0.224 e. The molecule has 32 heavy (non-hydrogen) atoms. The van der Waals surface area contributed by atoms with Gasteiger partial charge in [-0.1, -0.05) is 40.9 Å². The number of carbonyl (C=O) groups excluding carboxylic acids is 1. The zero-order valence-corrected chi connectivity index (χ0v) is 19.9. The van der Waals surface area contributed by atoms with Gasteiger partial charge in [0.25, 0.3) is 0 Å². The number of halogens is 3. The van der Waals surface area contributed by atoms with Gasteiger partial charge in [0.05, 0.1) is 11.4 Å². The fourth-order valence-corrected chi connectivity index (χ4v) is 4.81. The van der Waals surface area contributed by atoms with Crippen molar-refractivity contribution in [3.05, 3.63) is 69.3 Å². The zero-order valence-electron chi connectivity index (χ0n) is 17.6. The molecular formula is C24H25Cl3N4O. The molecule has 1 aromatic heterocycles. The predicted molar refractivity (Wildman–Crippen MR) is 133 cm³/mol. The fourth-order valence-electron chi connectivity index (χ4n) is 4.12. The summed E-state index contributed by atoms with van der Waals surface area (Å²) in [5, 5.41) is 9.45. The Morgan fingerprint density at radius 2 is 1.91 bits per heavy atom. The van der Waals surface area contributed by atoms with Crippen molar-refractivity contribution in [1.29, 1.82) is 0 Å². The summed E-state index contributed by atoms with van der Waals surface area (Å²) < 4.78 is 0. The first-order valence-electron chi connectivity index (χ1n) is 10.7. The number of benzene rings is 2. The minimum atomic E-state index is -0.0334. The second-order valence-corrected chi connectivity index (χ2v) is 9.26. The Balaban J connectivity index is 1.27. The highest BCUT2D eigenvalue weighted by Gasteiger charge is 2.26. The summed E-state index contributed by atoms with van der Waals surface area (Å²) in [5.74, 6) is 0.0574. The average molecular weight is 492 g/mol. The Morgan fingerprint density at radius 1 is 1.09 bits per heavy atom. The summed E-state index contributed by atoms with van der Waals surface area (Å²) in [6.45, 7) is 3.47. The lowest BCUT2D eigenvalue weighted by atomic mass is 9.96. The molecule has 2 aromatic carbocycles. The Hall–Kier alpha value is -2.05. The highest BCUT2D eigenvalue weighted by Crippen LogP contribution is 2.28. The largest absolute Gasteiger partial charge is 0.383 e. The quantitative estimate of drug-likeness (QED) is 0.420. The summed E-state index contributed by atoms with van der Waals surface area (Å²) in [7, 11) is 0. The second-order valence-electron chi connectivity index (χ2n) is 8.01. The van der Waals surface area contributed by atoms with E-state index in [1.165, 1.54) is 0 Å². The fraction of sp³-hybridized carbons (Fsp3) is 0.333. The van der Waals surface area contributed by atoms with Gasteiger partial charge in [-0.3, -0.25) is 14.7 Å². The molecule has 5 nitrogen and oxygen atoms in total. The van der Waals surface area contributed by atoms with Gasteiger partial charge in [0, 0.05) is 64.1 Å². The number of carbonyl (C=O) groups is 1. The van der Waals surface area contributed by atoms with Crippen LogP contribution in [-0.4, -0.2) is 42.0 Å². The first-order valence-corrected chi connectivity index (χ1v) is 11.9. The lowest BCUT2D eigenvalue weighted by molar-refractivity contribution is -0.126. The standard InChI is InChI=1S/C24H25Cl3N4O/c25-17-6-7-18-22(8-9-28-23(18)13-17)29-10-11-30-24(32)16-3-2-12-31(14-16)15-19-20(26)4-1-5-21(19)27/h1,4-9,13,16H,2-3,10-12,14-15H2,(H,28,29)(H,30,32)/t16-/m0/s1. The van der Waals surface area contributed by atoms with Crippen LogP contribution >= 0.6 is 34.8 Å². The molecule has 0 unspecified atom stereocenters. The van der Waals surface area contributed by atoms with Gasteiger partial charge >= 0.3 is 0 Å². The van der Waals surface area contributed by atoms with Crippen LogP contribution < -0.4 is 10.6 Å². The van der Waals surface area contributed by atoms with Gasteiger partial charge in [0.15, 0.2) is 0 Å². The number of fused-ring (bicyclic) bond motifs is 1. The maximum absolute atomic E-state index is 12.7. The van der Waals surface area contributed by atoms with Crippen molar-refractivity contribution in [2.75, 3.05) is 31.5 Å². The van der Waals surface area contributed by atoms with Gasteiger partial charge in [0.2, 0.25) is 5.91 Å². The molecule has 4 rings (SSSR count).